The van der Waals surface area contributed by atoms with Crippen LogP contribution in [0.1, 0.15) is 19.4 Å². The van der Waals surface area contributed by atoms with Crippen LogP contribution in [0.5, 0.6) is 0 Å². The third-order valence-corrected chi connectivity index (χ3v) is 4.99. The first-order valence-electron chi connectivity index (χ1n) is 9.28. The van der Waals surface area contributed by atoms with Crippen LogP contribution >= 0.6 is 0 Å². The van der Waals surface area contributed by atoms with Gasteiger partial charge in [0.15, 0.2) is 5.69 Å². The average molecular weight is 433 g/mol. The summed E-state index contributed by atoms with van der Waals surface area (Å²) in [6.07, 6.45) is -4.97. The number of amides is 1. The Balaban J connectivity index is 2.31. The maximum Gasteiger partial charge on any atom is 0.416 e. The van der Waals surface area contributed by atoms with E-state index in [1.165, 1.54) is 9.80 Å². The van der Waals surface area contributed by atoms with Crippen molar-refractivity contribution in [1.82, 2.24) is 9.80 Å². The number of piperazine rings is 1. The lowest BCUT2D eigenvalue weighted by atomic mass is 10.1. The lowest BCUT2D eigenvalue weighted by Crippen LogP contribution is -2.51. The quantitative estimate of drug-likeness (QED) is 0.480. The molecule has 0 unspecified atom stereocenters. The van der Waals surface area contributed by atoms with Crippen LogP contribution in [0.2, 0.25) is 0 Å². The summed E-state index contributed by atoms with van der Waals surface area (Å²) in [5.41, 5.74) is -3.91. The lowest BCUT2D eigenvalue weighted by molar-refractivity contribution is -0.393. The monoisotopic (exact) mass is 433 g/mol. The molecule has 30 heavy (non-hydrogen) atoms. The molecule has 0 spiro atoms. The molecule has 0 saturated carbocycles. The fourth-order valence-corrected chi connectivity index (χ4v) is 3.29. The number of rotatable bonds is 7. The molecule has 1 amide bonds. The minimum atomic E-state index is -4.97. The van der Waals surface area contributed by atoms with Gasteiger partial charge in [0.25, 0.3) is 11.4 Å². The Hall–Kier alpha value is -2.96. The molecule has 0 radical (unpaired) electrons. The summed E-state index contributed by atoms with van der Waals surface area (Å²) < 4.78 is 39.1. The molecule has 1 fully saturated rings. The highest BCUT2D eigenvalue weighted by molar-refractivity contribution is 5.80. The smallest absolute Gasteiger partial charge is 0.357 e. The molecule has 10 nitrogen and oxygen atoms in total. The number of hydrogen-bond donors (Lipinski definition) is 0. The van der Waals surface area contributed by atoms with Crippen LogP contribution in [0.3, 0.4) is 0 Å². The van der Waals surface area contributed by atoms with Crippen molar-refractivity contribution in [2.75, 3.05) is 50.7 Å². The highest BCUT2D eigenvalue weighted by Crippen LogP contribution is 2.43. The number of hydrogen-bond acceptors (Lipinski definition) is 7. The molecule has 0 aromatic heterocycles. The van der Waals surface area contributed by atoms with Gasteiger partial charge < -0.3 is 9.80 Å². The topological polar surface area (TPSA) is 113 Å². The number of alkyl halides is 3. The predicted molar refractivity (Wildman–Crippen MR) is 101 cm³/mol. The van der Waals surface area contributed by atoms with Crippen molar-refractivity contribution in [3.63, 3.8) is 0 Å². The number of nitrogens with zero attached hydrogens (tertiary/aromatic N) is 5. The van der Waals surface area contributed by atoms with Crippen LogP contribution in [0.15, 0.2) is 12.1 Å². The number of likely N-dealkylation sites (N-methyl/N-ethyl adjacent to an activating group) is 1. The zero-order valence-corrected chi connectivity index (χ0v) is 16.5. The minimum Gasteiger partial charge on any atom is -0.357 e. The molecule has 1 aromatic carbocycles. The molecular weight excluding hydrogens is 411 g/mol. The first-order valence-corrected chi connectivity index (χ1v) is 9.28. The van der Waals surface area contributed by atoms with Gasteiger partial charge >= 0.3 is 6.18 Å². The van der Waals surface area contributed by atoms with E-state index in [0.717, 1.165) is 0 Å². The molecule has 1 saturated heterocycles. The summed E-state index contributed by atoms with van der Waals surface area (Å²) in [6.45, 7) is 5.75. The number of carbonyl (C=O) groups excluding carboxylic acids is 1. The number of anilines is 1. The van der Waals surface area contributed by atoms with Crippen LogP contribution in [0, 0.1) is 20.2 Å². The van der Waals surface area contributed by atoms with E-state index >= 15 is 0 Å². The fourth-order valence-electron chi connectivity index (χ4n) is 3.29. The Morgan fingerprint density at radius 3 is 1.87 bits per heavy atom. The van der Waals surface area contributed by atoms with Gasteiger partial charge in [-0.25, -0.2) is 0 Å². The summed E-state index contributed by atoms with van der Waals surface area (Å²) in [4.78, 5) is 37.8. The molecular formula is C17H22F3N5O5. The Kier molecular flexibility index (Phi) is 7.18. The van der Waals surface area contributed by atoms with E-state index in [1.807, 2.05) is 18.7 Å². The number of benzene rings is 1. The maximum absolute atomic E-state index is 13.0. The maximum atomic E-state index is 13.0. The van der Waals surface area contributed by atoms with Crippen LogP contribution < -0.4 is 4.90 Å². The summed E-state index contributed by atoms with van der Waals surface area (Å²) in [7, 11) is 0. The van der Waals surface area contributed by atoms with Gasteiger partial charge in [0, 0.05) is 38.3 Å². The summed E-state index contributed by atoms with van der Waals surface area (Å²) in [5, 5.41) is 22.8. The molecule has 0 atom stereocenters. The first-order chi connectivity index (χ1) is 14.0. The number of carbonyl (C=O) groups is 1. The molecule has 0 aliphatic carbocycles. The highest BCUT2D eigenvalue weighted by atomic mass is 19.4. The van der Waals surface area contributed by atoms with Gasteiger partial charge in [-0.3, -0.25) is 29.9 Å². The van der Waals surface area contributed by atoms with Crippen molar-refractivity contribution >= 4 is 23.0 Å². The number of nitro benzene ring substituents is 2. The Bertz CT molecular complexity index is 785. The van der Waals surface area contributed by atoms with Crippen LogP contribution in [-0.4, -0.2) is 71.4 Å². The van der Waals surface area contributed by atoms with E-state index in [9.17, 15) is 38.2 Å². The van der Waals surface area contributed by atoms with Gasteiger partial charge in [-0.15, -0.1) is 0 Å². The molecule has 1 aliphatic rings. The van der Waals surface area contributed by atoms with Crippen molar-refractivity contribution in [2.24, 2.45) is 0 Å². The SMILES string of the molecule is CCN(CC)CC(=O)N1CCN(c2c([N+](=O)[O-])cc(C(F)(F)F)cc2[N+](=O)[O-])CC1. The van der Waals surface area contributed by atoms with E-state index < -0.39 is 38.6 Å². The number of nitro groups is 2. The summed E-state index contributed by atoms with van der Waals surface area (Å²) in [5.74, 6) is -0.144. The predicted octanol–water partition coefficient (Wildman–Crippen LogP) is 2.51. The average Bonchev–Trinajstić information content (AvgIpc) is 2.70. The van der Waals surface area contributed by atoms with Gasteiger partial charge in [0.2, 0.25) is 5.91 Å². The standard InChI is InChI=1S/C17H22F3N5O5/c1-3-21(4-2)11-15(26)22-5-7-23(8-6-22)16-13(24(27)28)9-12(17(18,19)20)10-14(16)25(29)30/h9-10H,3-8,11H2,1-2H3. The van der Waals surface area contributed by atoms with E-state index in [2.05, 4.69) is 0 Å². The molecule has 1 heterocycles. The highest BCUT2D eigenvalue weighted by Gasteiger charge is 2.40. The minimum absolute atomic E-state index is 0.0248. The summed E-state index contributed by atoms with van der Waals surface area (Å²) >= 11 is 0. The third-order valence-electron chi connectivity index (χ3n) is 4.99. The lowest BCUT2D eigenvalue weighted by Gasteiger charge is -2.36. The third kappa shape index (κ3) is 5.14. The fraction of sp³-hybridized carbons (Fsp3) is 0.588. The first kappa shape index (κ1) is 23.3. The van der Waals surface area contributed by atoms with Crippen LogP contribution in [-0.2, 0) is 11.0 Å². The van der Waals surface area contributed by atoms with Crippen molar-refractivity contribution in [3.05, 3.63) is 37.9 Å². The Morgan fingerprint density at radius 1 is 1.03 bits per heavy atom. The normalized spacial score (nSPS) is 14.9. The van der Waals surface area contributed by atoms with Gasteiger partial charge in [-0.2, -0.15) is 13.2 Å². The van der Waals surface area contributed by atoms with Gasteiger partial charge in [0.1, 0.15) is 0 Å². The van der Waals surface area contributed by atoms with E-state index in [0.29, 0.717) is 25.2 Å². The second kappa shape index (κ2) is 9.24. The van der Waals surface area contributed by atoms with E-state index in [-0.39, 0.29) is 38.6 Å². The van der Waals surface area contributed by atoms with Crippen molar-refractivity contribution in [2.45, 2.75) is 20.0 Å². The van der Waals surface area contributed by atoms with E-state index in [1.54, 1.807) is 0 Å². The molecule has 166 valence electrons. The molecule has 13 heteroatoms. The van der Waals surface area contributed by atoms with E-state index in [4.69, 9.17) is 0 Å². The molecule has 0 N–H and O–H groups in total. The van der Waals surface area contributed by atoms with Crippen molar-refractivity contribution in [1.29, 1.82) is 0 Å². The Morgan fingerprint density at radius 2 is 1.50 bits per heavy atom. The molecule has 1 aromatic rings. The molecule has 0 bridgehead atoms. The van der Waals surface area contributed by atoms with Gasteiger partial charge in [-0.05, 0) is 13.1 Å². The second-order valence-corrected chi connectivity index (χ2v) is 6.70. The largest absolute Gasteiger partial charge is 0.416 e. The zero-order chi connectivity index (χ0) is 22.6. The van der Waals surface area contributed by atoms with Crippen LogP contribution in [0.4, 0.5) is 30.2 Å². The molecule has 2 rings (SSSR count). The van der Waals surface area contributed by atoms with Crippen LogP contribution in [0.25, 0.3) is 0 Å². The van der Waals surface area contributed by atoms with Crippen molar-refractivity contribution < 1.29 is 27.8 Å². The van der Waals surface area contributed by atoms with Gasteiger partial charge in [-0.1, -0.05) is 13.8 Å². The number of halogens is 3. The van der Waals surface area contributed by atoms with Crippen molar-refractivity contribution in [3.8, 4) is 0 Å². The molecule has 1 aliphatic heterocycles. The zero-order valence-electron chi connectivity index (χ0n) is 16.5. The second-order valence-electron chi connectivity index (χ2n) is 6.70. The summed E-state index contributed by atoms with van der Waals surface area (Å²) in [6, 6.07) is 0.612. The van der Waals surface area contributed by atoms with Gasteiger partial charge in [0.05, 0.1) is 22.0 Å². The Labute approximate surface area is 170 Å².